The minimum Gasteiger partial charge on any atom is -0.381 e. The molecule has 1 aliphatic heterocycles. The maximum absolute atomic E-state index is 12.3. The summed E-state index contributed by atoms with van der Waals surface area (Å²) in [5.41, 5.74) is 6.82. The molecule has 0 aliphatic carbocycles. The van der Waals surface area contributed by atoms with Gasteiger partial charge in [0.2, 0.25) is 5.95 Å². The monoisotopic (exact) mass is 338 g/mol. The lowest BCUT2D eigenvalue weighted by Crippen LogP contribution is -2.29. The van der Waals surface area contributed by atoms with Gasteiger partial charge in [0.1, 0.15) is 5.82 Å². The summed E-state index contributed by atoms with van der Waals surface area (Å²) in [6.45, 7) is 1.41. The number of nitrogen functional groups attached to an aromatic ring is 1. The van der Waals surface area contributed by atoms with E-state index < -0.39 is 0 Å². The van der Waals surface area contributed by atoms with E-state index in [-0.39, 0.29) is 17.5 Å². The minimum absolute atomic E-state index is 0.167. The van der Waals surface area contributed by atoms with Gasteiger partial charge in [0, 0.05) is 43.4 Å². The van der Waals surface area contributed by atoms with Gasteiger partial charge in [0.15, 0.2) is 0 Å². The Kier molecular flexibility index (Phi) is 4.02. The topological polar surface area (TPSA) is 119 Å². The van der Waals surface area contributed by atoms with Crippen molar-refractivity contribution in [3.05, 3.63) is 41.1 Å². The third-order valence-electron chi connectivity index (χ3n) is 4.28. The molecule has 0 aromatic carbocycles. The molecule has 0 saturated carbocycles. The predicted octanol–water partition coefficient (Wildman–Crippen LogP) is 1.55. The summed E-state index contributed by atoms with van der Waals surface area (Å²) in [5, 5.41) is 4.77. The van der Waals surface area contributed by atoms with E-state index in [0.717, 1.165) is 23.8 Å². The summed E-state index contributed by atoms with van der Waals surface area (Å²) in [5.74, 6) is 0.777. The average Bonchev–Trinajstić information content (AvgIpc) is 2.63. The van der Waals surface area contributed by atoms with Crippen molar-refractivity contribution in [1.82, 2.24) is 19.9 Å². The van der Waals surface area contributed by atoms with Crippen LogP contribution in [0.4, 0.5) is 11.8 Å². The molecule has 4 N–H and O–H groups in total. The molecule has 128 valence electrons. The van der Waals surface area contributed by atoms with E-state index in [2.05, 4.69) is 25.3 Å². The number of fused-ring (bicyclic) bond motifs is 1. The number of hydrogen-bond acceptors (Lipinski definition) is 7. The number of aromatic nitrogens is 4. The van der Waals surface area contributed by atoms with Crippen LogP contribution >= 0.6 is 0 Å². The van der Waals surface area contributed by atoms with Crippen LogP contribution in [0, 0.1) is 0 Å². The van der Waals surface area contributed by atoms with Gasteiger partial charge in [0.25, 0.3) is 5.56 Å². The molecule has 3 aromatic rings. The first-order valence-corrected chi connectivity index (χ1v) is 8.15. The van der Waals surface area contributed by atoms with E-state index in [1.54, 1.807) is 18.6 Å². The summed E-state index contributed by atoms with van der Waals surface area (Å²) in [4.78, 5) is 27.8. The third-order valence-corrected chi connectivity index (χ3v) is 4.28. The zero-order chi connectivity index (χ0) is 17.2. The lowest BCUT2D eigenvalue weighted by Gasteiger charge is -2.24. The number of nitrogens with one attached hydrogen (secondary N) is 2. The van der Waals surface area contributed by atoms with Crippen LogP contribution in [0.15, 0.2) is 35.5 Å². The number of anilines is 2. The molecule has 4 heterocycles. The van der Waals surface area contributed by atoms with Gasteiger partial charge < -0.3 is 20.8 Å². The normalized spacial score (nSPS) is 15.4. The van der Waals surface area contributed by atoms with Crippen molar-refractivity contribution in [1.29, 1.82) is 0 Å². The predicted molar refractivity (Wildman–Crippen MR) is 95.3 cm³/mol. The van der Waals surface area contributed by atoms with Crippen LogP contribution in [-0.4, -0.2) is 39.2 Å². The zero-order valence-corrected chi connectivity index (χ0v) is 13.5. The molecular formula is C17H18N6O2. The number of ether oxygens (including phenoxy) is 1. The highest BCUT2D eigenvalue weighted by molar-refractivity contribution is 5.93. The zero-order valence-electron chi connectivity index (χ0n) is 13.5. The second kappa shape index (κ2) is 6.48. The highest BCUT2D eigenvalue weighted by Crippen LogP contribution is 2.26. The maximum Gasteiger partial charge on any atom is 0.259 e. The Labute approximate surface area is 143 Å². The van der Waals surface area contributed by atoms with Gasteiger partial charge in [0.05, 0.1) is 11.1 Å². The second-order valence-corrected chi connectivity index (χ2v) is 5.99. The molecule has 1 aliphatic rings. The molecule has 3 aromatic heterocycles. The summed E-state index contributed by atoms with van der Waals surface area (Å²) < 4.78 is 5.40. The third kappa shape index (κ3) is 3.16. The summed E-state index contributed by atoms with van der Waals surface area (Å²) in [6.07, 6.45) is 6.64. The lowest BCUT2D eigenvalue weighted by molar-refractivity contribution is 0.0904. The molecule has 1 saturated heterocycles. The van der Waals surface area contributed by atoms with Gasteiger partial charge in [-0.1, -0.05) is 0 Å². The van der Waals surface area contributed by atoms with Crippen LogP contribution < -0.4 is 16.6 Å². The van der Waals surface area contributed by atoms with E-state index in [1.165, 1.54) is 0 Å². The maximum atomic E-state index is 12.3. The molecule has 0 amide bonds. The van der Waals surface area contributed by atoms with Gasteiger partial charge in [-0.15, -0.1) is 0 Å². The van der Waals surface area contributed by atoms with Crippen LogP contribution in [0.1, 0.15) is 12.8 Å². The molecule has 0 unspecified atom stereocenters. The molecule has 4 rings (SSSR count). The number of H-pyrrole nitrogens is 1. The van der Waals surface area contributed by atoms with E-state index >= 15 is 0 Å². The Balaban J connectivity index is 1.82. The van der Waals surface area contributed by atoms with E-state index in [4.69, 9.17) is 10.5 Å². The van der Waals surface area contributed by atoms with Gasteiger partial charge in [-0.05, 0) is 30.4 Å². The SMILES string of the molecule is Nc1ncc(-c2cc3cc[nH]c(=O)c3c(NC3CCOCC3)n2)cn1. The van der Waals surface area contributed by atoms with Crippen molar-refractivity contribution in [2.24, 2.45) is 0 Å². The van der Waals surface area contributed by atoms with Crippen LogP contribution in [0.3, 0.4) is 0 Å². The molecule has 8 heteroatoms. The fourth-order valence-corrected chi connectivity index (χ4v) is 2.97. The van der Waals surface area contributed by atoms with Crippen LogP contribution in [0.25, 0.3) is 22.0 Å². The molecule has 0 atom stereocenters. The standard InChI is InChI=1S/C17H18N6O2/c18-17-20-8-11(9-21-17)13-7-10-1-4-19-16(24)14(10)15(23-13)22-12-2-5-25-6-3-12/h1,4,7-9,12H,2-3,5-6H2,(H,19,24)(H,22,23)(H2,18,20,21). The van der Waals surface area contributed by atoms with Gasteiger partial charge in [-0.25, -0.2) is 15.0 Å². The van der Waals surface area contributed by atoms with Gasteiger partial charge >= 0.3 is 0 Å². The van der Waals surface area contributed by atoms with Gasteiger partial charge in [-0.2, -0.15) is 0 Å². The molecule has 0 bridgehead atoms. The molecule has 0 spiro atoms. The quantitative estimate of drug-likeness (QED) is 0.663. The Bertz CT molecular complexity index is 948. The lowest BCUT2D eigenvalue weighted by atomic mass is 10.1. The number of rotatable bonds is 3. The number of nitrogens with two attached hydrogens (primary N) is 1. The van der Waals surface area contributed by atoms with Crippen LogP contribution in [0.5, 0.6) is 0 Å². The number of hydrogen-bond donors (Lipinski definition) is 3. The van der Waals surface area contributed by atoms with Crippen molar-refractivity contribution in [3.8, 4) is 11.3 Å². The molecule has 1 fully saturated rings. The number of aromatic amines is 1. The van der Waals surface area contributed by atoms with Gasteiger partial charge in [-0.3, -0.25) is 4.79 Å². The average molecular weight is 338 g/mol. The Morgan fingerprint density at radius 2 is 2.00 bits per heavy atom. The van der Waals surface area contributed by atoms with Crippen molar-refractivity contribution in [2.75, 3.05) is 24.3 Å². The number of nitrogens with zero attached hydrogens (tertiary/aromatic N) is 3. The second-order valence-electron chi connectivity index (χ2n) is 5.99. The van der Waals surface area contributed by atoms with E-state index in [0.29, 0.717) is 30.1 Å². The minimum atomic E-state index is -0.167. The smallest absolute Gasteiger partial charge is 0.259 e. The van der Waals surface area contributed by atoms with E-state index in [9.17, 15) is 4.79 Å². The summed E-state index contributed by atoms with van der Waals surface area (Å²) in [6, 6.07) is 3.94. The fourth-order valence-electron chi connectivity index (χ4n) is 2.97. The first-order chi connectivity index (χ1) is 12.2. The largest absolute Gasteiger partial charge is 0.381 e. The highest BCUT2D eigenvalue weighted by Gasteiger charge is 2.17. The Hall–Kier alpha value is -3.00. The van der Waals surface area contributed by atoms with Crippen molar-refractivity contribution >= 4 is 22.5 Å². The number of pyridine rings is 2. The van der Waals surface area contributed by atoms with Crippen molar-refractivity contribution < 1.29 is 4.74 Å². The summed E-state index contributed by atoms with van der Waals surface area (Å²) >= 11 is 0. The molecule has 0 radical (unpaired) electrons. The first-order valence-electron chi connectivity index (χ1n) is 8.15. The Morgan fingerprint density at radius 3 is 2.76 bits per heavy atom. The van der Waals surface area contributed by atoms with Crippen LogP contribution in [0.2, 0.25) is 0 Å². The molecular weight excluding hydrogens is 320 g/mol. The fraction of sp³-hybridized carbons (Fsp3) is 0.294. The summed E-state index contributed by atoms with van der Waals surface area (Å²) in [7, 11) is 0. The molecule has 8 nitrogen and oxygen atoms in total. The molecule has 25 heavy (non-hydrogen) atoms. The highest BCUT2D eigenvalue weighted by atomic mass is 16.5. The van der Waals surface area contributed by atoms with Crippen molar-refractivity contribution in [3.63, 3.8) is 0 Å². The Morgan fingerprint density at radius 1 is 1.24 bits per heavy atom. The van der Waals surface area contributed by atoms with Crippen molar-refractivity contribution in [2.45, 2.75) is 18.9 Å². The van der Waals surface area contributed by atoms with Crippen LogP contribution in [-0.2, 0) is 4.74 Å². The first kappa shape index (κ1) is 15.5. The van der Waals surface area contributed by atoms with E-state index in [1.807, 2.05) is 12.1 Å².